The number of carboxylic acid groups (broad SMARTS) is 1. The summed E-state index contributed by atoms with van der Waals surface area (Å²) in [6.07, 6.45) is -5.96. The Morgan fingerprint density at radius 3 is 2.47 bits per heavy atom. The fourth-order valence-electron chi connectivity index (χ4n) is 1.58. The van der Waals surface area contributed by atoms with Crippen molar-refractivity contribution in [1.82, 2.24) is 0 Å². The van der Waals surface area contributed by atoms with Crippen molar-refractivity contribution in [3.05, 3.63) is 0 Å². The number of aliphatic hydroxyl groups is 2. The lowest BCUT2D eigenvalue weighted by Gasteiger charge is -2.39. The smallest absolute Gasteiger partial charge is 0.306 e. The van der Waals surface area contributed by atoms with Gasteiger partial charge in [-0.15, -0.1) is 0 Å². The fraction of sp³-hybridized carbons (Fsp3) is 0.875. The van der Waals surface area contributed by atoms with Crippen LogP contribution in [0, 0.1) is 0 Å². The minimum Gasteiger partial charge on any atom is -0.481 e. The van der Waals surface area contributed by atoms with Gasteiger partial charge in [-0.25, -0.2) is 4.89 Å². The maximum Gasteiger partial charge on any atom is 0.306 e. The molecule has 0 aromatic carbocycles. The van der Waals surface area contributed by atoms with E-state index in [9.17, 15) is 15.0 Å². The van der Waals surface area contributed by atoms with Gasteiger partial charge in [-0.1, -0.05) is 0 Å². The number of carbonyl (C=O) groups is 1. The molecule has 1 rings (SSSR count). The van der Waals surface area contributed by atoms with Gasteiger partial charge in [0.1, 0.15) is 18.3 Å². The molecule has 1 aliphatic rings. The third kappa shape index (κ3) is 2.64. The predicted octanol–water partition coefficient (Wildman–Crippen LogP) is -1.17. The van der Waals surface area contributed by atoms with Gasteiger partial charge in [0.15, 0.2) is 0 Å². The lowest BCUT2D eigenvalue weighted by atomic mass is 9.94. The quantitative estimate of drug-likeness (QED) is 0.351. The summed E-state index contributed by atoms with van der Waals surface area (Å²) in [6.45, 7) is 1.50. The Morgan fingerprint density at radius 1 is 1.40 bits per heavy atom. The normalized spacial score (nSPS) is 41.5. The molecule has 88 valence electrons. The van der Waals surface area contributed by atoms with Crippen LogP contribution in [0.15, 0.2) is 0 Å². The Balaban J connectivity index is 2.71. The molecule has 0 aromatic rings. The van der Waals surface area contributed by atoms with Crippen molar-refractivity contribution in [2.45, 2.75) is 43.9 Å². The Kier molecular flexibility index (Phi) is 4.00. The molecule has 0 spiro atoms. The van der Waals surface area contributed by atoms with Crippen LogP contribution >= 0.6 is 0 Å². The maximum absolute atomic E-state index is 10.4. The minimum atomic E-state index is -1.38. The zero-order valence-electron chi connectivity index (χ0n) is 8.11. The van der Waals surface area contributed by atoms with E-state index in [2.05, 4.69) is 4.89 Å². The number of aliphatic carboxylic acids is 1. The van der Waals surface area contributed by atoms with Crippen LogP contribution in [0.2, 0.25) is 0 Å². The second kappa shape index (κ2) is 4.86. The molecule has 0 aromatic heterocycles. The molecule has 7 nitrogen and oxygen atoms in total. The van der Waals surface area contributed by atoms with Gasteiger partial charge in [0.2, 0.25) is 0 Å². The van der Waals surface area contributed by atoms with Gasteiger partial charge < -0.3 is 20.1 Å². The monoisotopic (exact) mass is 222 g/mol. The van der Waals surface area contributed by atoms with Crippen molar-refractivity contribution in [1.29, 1.82) is 0 Å². The first-order valence-corrected chi connectivity index (χ1v) is 4.51. The standard InChI is InChI=1S/C8H14O7/c1-3-6(11)8(15-13)7(12)4(14-3)2-5(9)10/h3-4,6-8,11-13H,2H2,1H3,(H,9,10)/t3-,4-,6+,7+,8+/m0/s1. The van der Waals surface area contributed by atoms with Gasteiger partial charge in [-0.05, 0) is 6.92 Å². The molecule has 15 heavy (non-hydrogen) atoms. The van der Waals surface area contributed by atoms with Crippen molar-refractivity contribution in [3.63, 3.8) is 0 Å². The first-order chi connectivity index (χ1) is 6.97. The molecular weight excluding hydrogens is 208 g/mol. The lowest BCUT2D eigenvalue weighted by Crippen LogP contribution is -2.57. The van der Waals surface area contributed by atoms with Crippen LogP contribution in [-0.2, 0) is 14.4 Å². The van der Waals surface area contributed by atoms with E-state index in [1.165, 1.54) is 6.92 Å². The first-order valence-electron chi connectivity index (χ1n) is 4.51. The van der Waals surface area contributed by atoms with E-state index in [1.54, 1.807) is 0 Å². The van der Waals surface area contributed by atoms with Gasteiger partial charge in [0.05, 0.1) is 18.6 Å². The summed E-state index contributed by atoms with van der Waals surface area (Å²) in [4.78, 5) is 14.4. The van der Waals surface area contributed by atoms with Gasteiger partial charge >= 0.3 is 5.97 Å². The van der Waals surface area contributed by atoms with E-state index in [4.69, 9.17) is 15.1 Å². The van der Waals surface area contributed by atoms with Crippen LogP contribution in [0.3, 0.4) is 0 Å². The van der Waals surface area contributed by atoms with E-state index < -0.39 is 42.9 Å². The zero-order chi connectivity index (χ0) is 11.6. The number of rotatable bonds is 3. The maximum atomic E-state index is 10.4. The Labute approximate surface area is 85.8 Å². The van der Waals surface area contributed by atoms with E-state index in [0.29, 0.717) is 0 Å². The van der Waals surface area contributed by atoms with Crippen molar-refractivity contribution < 1.29 is 35.0 Å². The summed E-state index contributed by atoms with van der Waals surface area (Å²) >= 11 is 0. The Hall–Kier alpha value is -0.730. The van der Waals surface area contributed by atoms with Gasteiger partial charge in [-0.3, -0.25) is 10.1 Å². The van der Waals surface area contributed by atoms with Gasteiger partial charge in [0.25, 0.3) is 0 Å². The summed E-state index contributed by atoms with van der Waals surface area (Å²) in [5, 5.41) is 36.0. The molecule has 0 amide bonds. The van der Waals surface area contributed by atoms with E-state index in [-0.39, 0.29) is 0 Å². The molecule has 0 aliphatic carbocycles. The zero-order valence-corrected chi connectivity index (χ0v) is 8.11. The summed E-state index contributed by atoms with van der Waals surface area (Å²) in [6, 6.07) is 0. The molecule has 0 saturated carbocycles. The molecule has 0 radical (unpaired) electrons. The molecular formula is C8H14O7. The summed E-state index contributed by atoms with van der Waals surface area (Å²) in [7, 11) is 0. The number of hydrogen-bond acceptors (Lipinski definition) is 6. The lowest BCUT2D eigenvalue weighted by molar-refractivity contribution is -0.349. The van der Waals surface area contributed by atoms with Crippen LogP contribution in [0.1, 0.15) is 13.3 Å². The second-order valence-corrected chi connectivity index (χ2v) is 3.53. The SMILES string of the molecule is C[C@@H]1O[C@@H](CC(=O)O)[C@@H](O)[C@H](OO)[C@@H]1O. The number of hydrogen-bond donors (Lipinski definition) is 4. The Bertz CT molecular complexity index is 231. The average molecular weight is 222 g/mol. The topological polar surface area (TPSA) is 116 Å². The molecule has 1 heterocycles. The highest BCUT2D eigenvalue weighted by atomic mass is 17.1. The number of aliphatic hydroxyl groups excluding tert-OH is 2. The largest absolute Gasteiger partial charge is 0.481 e. The third-order valence-corrected chi connectivity index (χ3v) is 2.42. The molecule has 1 saturated heterocycles. The summed E-state index contributed by atoms with van der Waals surface area (Å²) in [5.74, 6) is -1.14. The molecule has 1 fully saturated rings. The molecule has 0 bridgehead atoms. The second-order valence-electron chi connectivity index (χ2n) is 3.53. The molecule has 5 atom stereocenters. The molecule has 4 N–H and O–H groups in total. The summed E-state index contributed by atoms with van der Waals surface area (Å²) in [5.41, 5.74) is 0. The van der Waals surface area contributed by atoms with Crippen LogP contribution in [0.4, 0.5) is 0 Å². The molecule has 1 aliphatic heterocycles. The highest BCUT2D eigenvalue weighted by Crippen LogP contribution is 2.24. The van der Waals surface area contributed by atoms with Crippen LogP contribution in [0.25, 0.3) is 0 Å². The van der Waals surface area contributed by atoms with Crippen LogP contribution in [0.5, 0.6) is 0 Å². The summed E-state index contributed by atoms with van der Waals surface area (Å²) < 4.78 is 5.08. The van der Waals surface area contributed by atoms with Crippen molar-refractivity contribution >= 4 is 5.97 Å². The highest BCUT2D eigenvalue weighted by molar-refractivity contribution is 5.67. The van der Waals surface area contributed by atoms with Crippen molar-refractivity contribution in [2.24, 2.45) is 0 Å². The van der Waals surface area contributed by atoms with Crippen LogP contribution in [-0.4, -0.2) is 57.1 Å². The van der Waals surface area contributed by atoms with E-state index in [1.807, 2.05) is 0 Å². The molecule has 0 unspecified atom stereocenters. The number of ether oxygens (including phenoxy) is 1. The third-order valence-electron chi connectivity index (χ3n) is 2.42. The van der Waals surface area contributed by atoms with Crippen LogP contribution < -0.4 is 0 Å². The minimum absolute atomic E-state index is 0.419. The molecule has 7 heteroatoms. The predicted molar refractivity (Wildman–Crippen MR) is 46.1 cm³/mol. The highest BCUT2D eigenvalue weighted by Gasteiger charge is 2.44. The fourth-order valence-corrected chi connectivity index (χ4v) is 1.58. The first kappa shape index (κ1) is 12.3. The van der Waals surface area contributed by atoms with Crippen molar-refractivity contribution in [2.75, 3.05) is 0 Å². The van der Waals surface area contributed by atoms with E-state index in [0.717, 1.165) is 0 Å². The average Bonchev–Trinajstić information content (AvgIpc) is 2.14. The van der Waals surface area contributed by atoms with Gasteiger partial charge in [-0.2, -0.15) is 0 Å². The van der Waals surface area contributed by atoms with Crippen molar-refractivity contribution in [3.8, 4) is 0 Å². The Morgan fingerprint density at radius 2 is 2.00 bits per heavy atom. The number of carboxylic acids is 1. The van der Waals surface area contributed by atoms with Gasteiger partial charge in [0, 0.05) is 0 Å². The van der Waals surface area contributed by atoms with E-state index >= 15 is 0 Å².